The predicted molar refractivity (Wildman–Crippen MR) is 130 cm³/mol. The molecule has 4 rings (SSSR count). The van der Waals surface area contributed by atoms with Crippen molar-refractivity contribution in [2.24, 2.45) is 0 Å². The van der Waals surface area contributed by atoms with Crippen molar-refractivity contribution < 1.29 is 13.3 Å². The number of aryl methyl sites for hydroxylation is 2. The second kappa shape index (κ2) is 11.8. The van der Waals surface area contributed by atoms with Crippen LogP contribution in [0, 0.1) is 0 Å². The first-order chi connectivity index (χ1) is 17.9. The summed E-state index contributed by atoms with van der Waals surface area (Å²) in [7, 11) is 0. The van der Waals surface area contributed by atoms with Crippen molar-refractivity contribution in [3.63, 3.8) is 0 Å². The second-order valence-electron chi connectivity index (χ2n) is 8.59. The van der Waals surface area contributed by atoms with Gasteiger partial charge in [0.15, 0.2) is 17.2 Å². The lowest BCUT2D eigenvalue weighted by Crippen LogP contribution is -2.42. The molecule has 0 aliphatic heterocycles. The Hall–Kier alpha value is -4.03. The highest BCUT2D eigenvalue weighted by Gasteiger charge is 2.21. The SMILES string of the molecule is CCCCCCn1c(=O)n(CCCCc2noc(-c3ccccn3)n2)c(=O)c2nc(C(F)F)[nH]c(=O)c21. The Morgan fingerprint density at radius 1 is 1.00 bits per heavy atom. The number of hydrogen-bond acceptors (Lipinski definition) is 8. The van der Waals surface area contributed by atoms with Gasteiger partial charge in [-0.3, -0.25) is 23.7 Å². The van der Waals surface area contributed by atoms with Crippen LogP contribution in [0.5, 0.6) is 0 Å². The molecule has 4 aromatic heterocycles. The Bertz CT molecular complexity index is 1530. The molecule has 1 N–H and O–H groups in total. The third-order valence-electron chi connectivity index (χ3n) is 5.92. The van der Waals surface area contributed by atoms with Crippen molar-refractivity contribution >= 4 is 11.0 Å². The zero-order valence-electron chi connectivity index (χ0n) is 20.3. The number of nitrogens with zero attached hydrogens (tertiary/aromatic N) is 6. The molecule has 0 amide bonds. The fraction of sp³-hybridized carbons (Fsp3) is 0.458. The molecule has 0 fully saturated rings. The number of unbranched alkanes of at least 4 members (excludes halogenated alkanes) is 4. The first-order valence-electron chi connectivity index (χ1n) is 12.2. The maximum absolute atomic E-state index is 13.3. The molecule has 0 bridgehead atoms. The molecule has 11 nitrogen and oxygen atoms in total. The molecule has 0 spiro atoms. The smallest absolute Gasteiger partial charge is 0.331 e. The monoisotopic (exact) mass is 515 g/mol. The molecule has 0 saturated heterocycles. The summed E-state index contributed by atoms with van der Waals surface area (Å²) in [5.41, 5.74) is -2.63. The van der Waals surface area contributed by atoms with Gasteiger partial charge in [0.1, 0.15) is 11.2 Å². The van der Waals surface area contributed by atoms with Crippen molar-refractivity contribution in [1.82, 2.24) is 34.2 Å². The highest BCUT2D eigenvalue weighted by atomic mass is 19.3. The summed E-state index contributed by atoms with van der Waals surface area (Å²) in [6.45, 7) is 2.23. The van der Waals surface area contributed by atoms with Crippen LogP contribution in [0.1, 0.15) is 63.5 Å². The molecule has 196 valence electrons. The van der Waals surface area contributed by atoms with Crippen molar-refractivity contribution in [1.29, 1.82) is 0 Å². The highest BCUT2D eigenvalue weighted by molar-refractivity contribution is 5.72. The van der Waals surface area contributed by atoms with Gasteiger partial charge in [0.05, 0.1) is 0 Å². The zero-order valence-corrected chi connectivity index (χ0v) is 20.3. The molecular weight excluding hydrogens is 488 g/mol. The van der Waals surface area contributed by atoms with Gasteiger partial charge in [0.2, 0.25) is 0 Å². The average molecular weight is 516 g/mol. The third-order valence-corrected chi connectivity index (χ3v) is 5.92. The minimum atomic E-state index is -3.07. The maximum Gasteiger partial charge on any atom is 0.331 e. The van der Waals surface area contributed by atoms with Crippen LogP contribution in [0.2, 0.25) is 0 Å². The quantitative estimate of drug-likeness (QED) is 0.284. The number of fused-ring (bicyclic) bond motifs is 1. The lowest BCUT2D eigenvalue weighted by molar-refractivity contribution is 0.140. The van der Waals surface area contributed by atoms with E-state index in [1.165, 1.54) is 4.57 Å². The number of alkyl halides is 2. The average Bonchev–Trinajstić information content (AvgIpc) is 3.37. The first-order valence-corrected chi connectivity index (χ1v) is 12.2. The van der Waals surface area contributed by atoms with Gasteiger partial charge in [-0.1, -0.05) is 37.4 Å². The number of pyridine rings is 1. The van der Waals surface area contributed by atoms with Crippen molar-refractivity contribution in [3.8, 4) is 11.6 Å². The topological polar surface area (TPSA) is 142 Å². The number of H-pyrrole nitrogens is 1. The van der Waals surface area contributed by atoms with Gasteiger partial charge in [-0.05, 0) is 31.4 Å². The number of rotatable bonds is 12. The molecule has 0 aliphatic rings. The van der Waals surface area contributed by atoms with Gasteiger partial charge in [-0.2, -0.15) is 4.98 Å². The van der Waals surface area contributed by atoms with Gasteiger partial charge in [0, 0.05) is 25.7 Å². The minimum absolute atomic E-state index is 0.0198. The van der Waals surface area contributed by atoms with Crippen LogP contribution in [0.15, 0.2) is 43.3 Å². The van der Waals surface area contributed by atoms with E-state index in [0.717, 1.165) is 23.8 Å². The van der Waals surface area contributed by atoms with E-state index in [4.69, 9.17) is 4.52 Å². The van der Waals surface area contributed by atoms with Crippen molar-refractivity contribution in [3.05, 3.63) is 67.2 Å². The van der Waals surface area contributed by atoms with Crippen LogP contribution >= 0.6 is 0 Å². The molecule has 0 aromatic carbocycles. The van der Waals surface area contributed by atoms with E-state index in [-0.39, 0.29) is 18.6 Å². The number of aromatic nitrogens is 7. The van der Waals surface area contributed by atoms with E-state index >= 15 is 0 Å². The van der Waals surface area contributed by atoms with Gasteiger partial charge >= 0.3 is 5.69 Å². The molecule has 0 radical (unpaired) electrons. The minimum Gasteiger partial charge on any atom is -0.332 e. The zero-order chi connectivity index (χ0) is 26.4. The van der Waals surface area contributed by atoms with E-state index in [1.807, 2.05) is 11.9 Å². The summed E-state index contributed by atoms with van der Waals surface area (Å²) in [4.78, 5) is 53.0. The lowest BCUT2D eigenvalue weighted by Gasteiger charge is -2.13. The largest absolute Gasteiger partial charge is 0.332 e. The Kier molecular flexibility index (Phi) is 8.31. The molecule has 0 unspecified atom stereocenters. The number of nitrogens with one attached hydrogen (secondary N) is 1. The van der Waals surface area contributed by atoms with E-state index in [2.05, 4.69) is 20.1 Å². The summed E-state index contributed by atoms with van der Waals surface area (Å²) in [5.74, 6) is -0.161. The second-order valence-corrected chi connectivity index (χ2v) is 8.59. The van der Waals surface area contributed by atoms with Crippen LogP contribution in [-0.4, -0.2) is 34.2 Å². The van der Waals surface area contributed by atoms with Crippen molar-refractivity contribution in [2.45, 2.75) is 71.4 Å². The number of hydrogen-bond donors (Lipinski definition) is 1. The van der Waals surface area contributed by atoms with Crippen LogP contribution in [0.4, 0.5) is 8.78 Å². The molecule has 0 aliphatic carbocycles. The third kappa shape index (κ3) is 5.87. The molecule has 0 atom stereocenters. The summed E-state index contributed by atoms with van der Waals surface area (Å²) in [5, 5.41) is 3.93. The van der Waals surface area contributed by atoms with Gasteiger partial charge in [-0.25, -0.2) is 18.6 Å². The first kappa shape index (κ1) is 26.0. The Balaban J connectivity index is 1.56. The van der Waals surface area contributed by atoms with E-state index in [1.54, 1.807) is 24.4 Å². The van der Waals surface area contributed by atoms with E-state index < -0.39 is 34.6 Å². The lowest BCUT2D eigenvalue weighted by atomic mass is 10.2. The molecule has 13 heteroatoms. The summed E-state index contributed by atoms with van der Waals surface area (Å²) in [6.07, 6.45) is 3.21. The van der Waals surface area contributed by atoms with Gasteiger partial charge in [0.25, 0.3) is 23.4 Å². The highest BCUT2D eigenvalue weighted by Crippen LogP contribution is 2.15. The van der Waals surface area contributed by atoms with Gasteiger partial charge in [-0.15, -0.1) is 0 Å². The van der Waals surface area contributed by atoms with Crippen LogP contribution in [0.25, 0.3) is 22.6 Å². The van der Waals surface area contributed by atoms with E-state index in [0.29, 0.717) is 43.1 Å². The standard InChI is InChI=1S/C24H27F2N7O4/c1-2-3-4-8-13-32-18-17(29-20(19(25)26)30-21(18)34)23(35)33(24(32)36)14-9-6-11-16-28-22(37-31-16)15-10-5-7-12-27-15/h5,7,10,12,19H,2-4,6,8-9,11,13-14H2,1H3,(H,29,30,34). The van der Waals surface area contributed by atoms with Crippen LogP contribution in [-0.2, 0) is 19.5 Å². The maximum atomic E-state index is 13.3. The Morgan fingerprint density at radius 2 is 1.78 bits per heavy atom. The molecule has 4 heterocycles. The number of aromatic amines is 1. The molecule has 4 aromatic rings. The molecule has 0 saturated carbocycles. The Labute approximate surface area is 209 Å². The van der Waals surface area contributed by atoms with Crippen LogP contribution in [0.3, 0.4) is 0 Å². The number of halogens is 2. The summed E-state index contributed by atoms with van der Waals surface area (Å²) in [6, 6.07) is 5.32. The van der Waals surface area contributed by atoms with Crippen LogP contribution < -0.4 is 16.8 Å². The fourth-order valence-corrected chi connectivity index (χ4v) is 4.05. The van der Waals surface area contributed by atoms with Gasteiger partial charge < -0.3 is 9.51 Å². The van der Waals surface area contributed by atoms with E-state index in [9.17, 15) is 23.2 Å². The fourth-order valence-electron chi connectivity index (χ4n) is 4.05. The Morgan fingerprint density at radius 3 is 2.51 bits per heavy atom. The normalized spacial score (nSPS) is 11.6. The summed E-state index contributed by atoms with van der Waals surface area (Å²) < 4.78 is 33.9. The molecule has 37 heavy (non-hydrogen) atoms. The predicted octanol–water partition coefficient (Wildman–Crippen LogP) is 3.23. The summed E-state index contributed by atoms with van der Waals surface area (Å²) >= 11 is 0. The van der Waals surface area contributed by atoms with Crippen molar-refractivity contribution in [2.75, 3.05) is 0 Å². The molecular formula is C24H27F2N7O4.